The number of hydrogen-bond acceptors (Lipinski definition) is 7. The highest BCUT2D eigenvalue weighted by atomic mass is 32.2. The summed E-state index contributed by atoms with van der Waals surface area (Å²) in [7, 11) is 0. The molecule has 0 saturated carbocycles. The molecule has 0 aliphatic heterocycles. The number of hydrogen-bond donors (Lipinski definition) is 1. The number of ether oxygens (including phenoxy) is 1. The Morgan fingerprint density at radius 2 is 2.07 bits per heavy atom. The van der Waals surface area contributed by atoms with E-state index in [0.717, 1.165) is 36.8 Å². The molecule has 3 aromatic rings. The van der Waals surface area contributed by atoms with Crippen LogP contribution >= 0.6 is 23.1 Å². The lowest BCUT2D eigenvalue weighted by molar-refractivity contribution is -0.113. The molecule has 152 valence electrons. The van der Waals surface area contributed by atoms with Gasteiger partial charge in [0.05, 0.1) is 17.4 Å². The number of esters is 1. The molecule has 29 heavy (non-hydrogen) atoms. The Hall–Kier alpha value is -2.32. The average molecular weight is 431 g/mol. The standard InChI is InChI=1S/C21H22N2O4S2/c1-12(2)26-20(25)18-13-7-3-6-10-16(13)29-19(18)23-17(24)11-28-21-22-14-8-4-5-9-15(14)27-21/h4-5,8-9,12H,3,6-7,10-11H2,1-2H3,(H,23,24). The van der Waals surface area contributed by atoms with Gasteiger partial charge in [-0.1, -0.05) is 23.9 Å². The van der Waals surface area contributed by atoms with E-state index in [2.05, 4.69) is 10.3 Å². The van der Waals surface area contributed by atoms with Crippen LogP contribution in [0.4, 0.5) is 5.00 Å². The van der Waals surface area contributed by atoms with Crippen molar-refractivity contribution >= 4 is 51.1 Å². The fourth-order valence-electron chi connectivity index (χ4n) is 3.35. The third-order valence-electron chi connectivity index (χ3n) is 4.57. The van der Waals surface area contributed by atoms with Gasteiger partial charge in [0.25, 0.3) is 5.22 Å². The van der Waals surface area contributed by atoms with E-state index in [1.807, 2.05) is 38.1 Å². The number of thioether (sulfide) groups is 1. The van der Waals surface area contributed by atoms with Crippen molar-refractivity contribution in [1.29, 1.82) is 0 Å². The molecular formula is C21H22N2O4S2. The predicted octanol–water partition coefficient (Wildman–Crippen LogP) is 5.06. The summed E-state index contributed by atoms with van der Waals surface area (Å²) in [6, 6.07) is 7.48. The first-order valence-corrected chi connectivity index (χ1v) is 11.4. The number of amides is 1. The number of benzene rings is 1. The smallest absolute Gasteiger partial charge is 0.341 e. The van der Waals surface area contributed by atoms with E-state index in [1.54, 1.807) is 0 Å². The van der Waals surface area contributed by atoms with Crippen LogP contribution in [0.5, 0.6) is 0 Å². The van der Waals surface area contributed by atoms with Crippen molar-refractivity contribution in [2.75, 3.05) is 11.1 Å². The fraction of sp³-hybridized carbons (Fsp3) is 0.381. The Morgan fingerprint density at radius 3 is 2.86 bits per heavy atom. The quantitative estimate of drug-likeness (QED) is 0.435. The molecular weight excluding hydrogens is 408 g/mol. The SMILES string of the molecule is CC(C)OC(=O)c1c(NC(=O)CSc2nc3ccccc3o2)sc2c1CCCC2. The van der Waals surface area contributed by atoms with Gasteiger partial charge in [0.2, 0.25) is 5.91 Å². The van der Waals surface area contributed by atoms with Gasteiger partial charge in [-0.05, 0) is 57.2 Å². The molecule has 1 aliphatic carbocycles. The summed E-state index contributed by atoms with van der Waals surface area (Å²) in [5, 5.41) is 3.95. The van der Waals surface area contributed by atoms with Crippen molar-refractivity contribution in [3.63, 3.8) is 0 Å². The normalized spacial score (nSPS) is 13.5. The van der Waals surface area contributed by atoms with E-state index in [9.17, 15) is 9.59 Å². The highest BCUT2D eigenvalue weighted by molar-refractivity contribution is 7.99. The second kappa shape index (κ2) is 8.59. The summed E-state index contributed by atoms with van der Waals surface area (Å²) in [5.41, 5.74) is 3.02. The maximum Gasteiger partial charge on any atom is 0.341 e. The van der Waals surface area contributed by atoms with Gasteiger partial charge >= 0.3 is 5.97 Å². The lowest BCUT2D eigenvalue weighted by Crippen LogP contribution is -2.18. The van der Waals surface area contributed by atoms with E-state index in [0.29, 0.717) is 21.4 Å². The van der Waals surface area contributed by atoms with Crippen LogP contribution < -0.4 is 5.32 Å². The monoisotopic (exact) mass is 430 g/mol. The molecule has 0 spiro atoms. The molecule has 8 heteroatoms. The van der Waals surface area contributed by atoms with Crippen molar-refractivity contribution < 1.29 is 18.7 Å². The number of aromatic nitrogens is 1. The molecule has 4 rings (SSSR count). The second-order valence-corrected chi connectivity index (χ2v) is 9.19. The van der Waals surface area contributed by atoms with Gasteiger partial charge in [-0.25, -0.2) is 9.78 Å². The van der Waals surface area contributed by atoms with E-state index in [-0.39, 0.29) is 23.7 Å². The van der Waals surface area contributed by atoms with Gasteiger partial charge in [-0.15, -0.1) is 11.3 Å². The zero-order chi connectivity index (χ0) is 20.4. The number of nitrogens with zero attached hydrogens (tertiary/aromatic N) is 1. The number of para-hydroxylation sites is 2. The number of oxazole rings is 1. The molecule has 6 nitrogen and oxygen atoms in total. The first kappa shape index (κ1) is 20.0. The van der Waals surface area contributed by atoms with Crippen LogP contribution in [0.25, 0.3) is 11.1 Å². The van der Waals surface area contributed by atoms with Crippen LogP contribution in [0.3, 0.4) is 0 Å². The number of thiophene rings is 1. The molecule has 1 amide bonds. The molecule has 0 atom stereocenters. The zero-order valence-electron chi connectivity index (χ0n) is 16.3. The largest absolute Gasteiger partial charge is 0.459 e. The lowest BCUT2D eigenvalue weighted by atomic mass is 9.95. The summed E-state index contributed by atoms with van der Waals surface area (Å²) in [6.07, 6.45) is 3.73. The molecule has 0 fully saturated rings. The minimum atomic E-state index is -0.360. The zero-order valence-corrected chi connectivity index (χ0v) is 18.0. The third-order valence-corrected chi connectivity index (χ3v) is 6.61. The van der Waals surface area contributed by atoms with E-state index in [4.69, 9.17) is 9.15 Å². The van der Waals surface area contributed by atoms with Crippen LogP contribution in [-0.4, -0.2) is 28.7 Å². The molecule has 0 unspecified atom stereocenters. The molecule has 1 N–H and O–H groups in total. The molecule has 0 saturated heterocycles. The number of anilines is 1. The Kier molecular flexibility index (Phi) is 5.91. The van der Waals surface area contributed by atoms with Gasteiger partial charge < -0.3 is 14.5 Å². The minimum Gasteiger partial charge on any atom is -0.459 e. The minimum absolute atomic E-state index is 0.147. The third kappa shape index (κ3) is 4.48. The van der Waals surface area contributed by atoms with Crippen LogP contribution in [-0.2, 0) is 22.4 Å². The number of fused-ring (bicyclic) bond motifs is 2. The van der Waals surface area contributed by atoms with Gasteiger partial charge in [-0.2, -0.15) is 0 Å². The Bertz CT molecular complexity index is 1020. The lowest BCUT2D eigenvalue weighted by Gasteiger charge is -2.14. The first-order valence-electron chi connectivity index (χ1n) is 9.65. The summed E-state index contributed by atoms with van der Waals surface area (Å²) in [4.78, 5) is 30.8. The summed E-state index contributed by atoms with van der Waals surface area (Å²) in [5.74, 6) is -0.413. The Labute approximate surface area is 177 Å². The number of nitrogens with one attached hydrogen (secondary N) is 1. The number of carbonyl (C=O) groups excluding carboxylic acids is 2. The number of carbonyl (C=O) groups is 2. The van der Waals surface area contributed by atoms with Crippen molar-refractivity contribution in [1.82, 2.24) is 4.98 Å². The van der Waals surface area contributed by atoms with Crippen molar-refractivity contribution in [2.45, 2.75) is 50.9 Å². The molecule has 2 aromatic heterocycles. The summed E-state index contributed by atoms with van der Waals surface area (Å²) < 4.78 is 11.1. The fourth-order valence-corrected chi connectivity index (χ4v) is 5.28. The van der Waals surface area contributed by atoms with Crippen LogP contribution in [0.15, 0.2) is 33.9 Å². The highest BCUT2D eigenvalue weighted by Crippen LogP contribution is 2.39. The van der Waals surface area contributed by atoms with E-state index >= 15 is 0 Å². The van der Waals surface area contributed by atoms with Crippen molar-refractivity contribution in [3.05, 3.63) is 40.3 Å². The second-order valence-electron chi connectivity index (χ2n) is 7.15. The van der Waals surface area contributed by atoms with Gasteiger partial charge in [0.15, 0.2) is 5.58 Å². The molecule has 1 aromatic carbocycles. The molecule has 0 bridgehead atoms. The van der Waals surface area contributed by atoms with E-state index < -0.39 is 0 Å². The molecule has 1 aliphatic rings. The van der Waals surface area contributed by atoms with Crippen LogP contribution in [0.1, 0.15) is 47.5 Å². The van der Waals surface area contributed by atoms with Crippen LogP contribution in [0.2, 0.25) is 0 Å². The first-order chi connectivity index (χ1) is 14.0. The average Bonchev–Trinajstić information content (AvgIpc) is 3.26. The maximum atomic E-state index is 12.7. The van der Waals surface area contributed by atoms with E-state index in [1.165, 1.54) is 28.0 Å². The number of aryl methyl sites for hydroxylation is 1. The molecule has 2 heterocycles. The Balaban J connectivity index is 1.48. The maximum absolute atomic E-state index is 12.7. The summed E-state index contributed by atoms with van der Waals surface area (Å²) >= 11 is 2.72. The van der Waals surface area contributed by atoms with Gasteiger partial charge in [-0.3, -0.25) is 4.79 Å². The topological polar surface area (TPSA) is 81.4 Å². The number of rotatable bonds is 6. The highest BCUT2D eigenvalue weighted by Gasteiger charge is 2.28. The van der Waals surface area contributed by atoms with Crippen LogP contribution in [0, 0.1) is 0 Å². The predicted molar refractivity (Wildman–Crippen MR) is 115 cm³/mol. The molecule has 0 radical (unpaired) electrons. The Morgan fingerprint density at radius 1 is 1.28 bits per heavy atom. The van der Waals surface area contributed by atoms with Crippen molar-refractivity contribution in [3.8, 4) is 0 Å². The summed E-state index contributed by atoms with van der Waals surface area (Å²) in [6.45, 7) is 3.65. The van der Waals surface area contributed by atoms with Gasteiger partial charge in [0.1, 0.15) is 10.5 Å². The van der Waals surface area contributed by atoms with Gasteiger partial charge in [0, 0.05) is 4.88 Å². The van der Waals surface area contributed by atoms with Crippen molar-refractivity contribution in [2.24, 2.45) is 0 Å².